The Balaban J connectivity index is 1.47. The Morgan fingerprint density at radius 2 is 1.97 bits per heavy atom. The topological polar surface area (TPSA) is 97.9 Å². The van der Waals surface area contributed by atoms with Gasteiger partial charge < -0.3 is 4.40 Å². The van der Waals surface area contributed by atoms with Crippen molar-refractivity contribution in [3.05, 3.63) is 62.9 Å². The van der Waals surface area contributed by atoms with Crippen LogP contribution in [0.4, 0.5) is 0 Å². The first-order valence-electron chi connectivity index (χ1n) is 9.79. The summed E-state index contributed by atoms with van der Waals surface area (Å²) in [5.41, 5.74) is 1.49. The summed E-state index contributed by atoms with van der Waals surface area (Å²) in [5.74, 6) is 1.66. The Bertz CT molecular complexity index is 1350. The number of aromatic amines is 1. The van der Waals surface area contributed by atoms with E-state index in [9.17, 15) is 9.59 Å². The number of hydrogen-bond donors (Lipinski definition) is 1. The molecule has 4 aromatic heterocycles. The van der Waals surface area contributed by atoms with Crippen LogP contribution in [0.3, 0.4) is 0 Å². The van der Waals surface area contributed by atoms with Crippen molar-refractivity contribution in [3.63, 3.8) is 0 Å². The van der Waals surface area contributed by atoms with Crippen LogP contribution in [-0.2, 0) is 5.75 Å². The van der Waals surface area contributed by atoms with Crippen LogP contribution >= 0.6 is 11.8 Å². The Kier molecular flexibility index (Phi) is 3.67. The van der Waals surface area contributed by atoms with Crippen molar-refractivity contribution in [1.29, 1.82) is 0 Å². The first-order chi connectivity index (χ1) is 14.2. The molecule has 2 aliphatic carbocycles. The van der Waals surface area contributed by atoms with Gasteiger partial charge in [-0.1, -0.05) is 17.8 Å². The molecule has 2 saturated carbocycles. The molecular formula is C20H18N6O2S. The van der Waals surface area contributed by atoms with Crippen LogP contribution in [0.25, 0.3) is 16.7 Å². The van der Waals surface area contributed by atoms with E-state index in [4.69, 9.17) is 4.98 Å². The Labute approximate surface area is 169 Å². The molecule has 8 nitrogen and oxygen atoms in total. The standard InChI is InChI=1S/C20H18N6O2S/c27-18-15-17(26(13-6-7-13)20(28)24-18)22-16(11-4-5-11)23-19(15)29-10-12-9-25-8-2-1-3-14(25)21-12/h1-3,8-9,11,13H,4-7,10H2,(H,24,27,28). The normalized spacial score (nSPS) is 16.7. The quantitative estimate of drug-likeness (QED) is 0.404. The molecule has 0 saturated heterocycles. The van der Waals surface area contributed by atoms with Gasteiger partial charge in [0, 0.05) is 30.1 Å². The van der Waals surface area contributed by atoms with Gasteiger partial charge in [-0.15, -0.1) is 0 Å². The van der Waals surface area contributed by atoms with E-state index in [2.05, 4.69) is 15.0 Å². The van der Waals surface area contributed by atoms with Crippen molar-refractivity contribution in [1.82, 2.24) is 28.9 Å². The molecule has 0 spiro atoms. The van der Waals surface area contributed by atoms with Gasteiger partial charge in [0.25, 0.3) is 5.56 Å². The number of thioether (sulfide) groups is 1. The fraction of sp³-hybridized carbons (Fsp3) is 0.350. The van der Waals surface area contributed by atoms with E-state index < -0.39 is 5.56 Å². The number of fused-ring (bicyclic) bond motifs is 2. The first-order valence-corrected chi connectivity index (χ1v) is 10.8. The molecule has 0 aromatic carbocycles. The number of rotatable bonds is 5. The van der Waals surface area contributed by atoms with E-state index in [0.717, 1.165) is 42.8 Å². The second kappa shape index (κ2) is 6.28. The van der Waals surface area contributed by atoms with Crippen LogP contribution in [0, 0.1) is 0 Å². The lowest BCUT2D eigenvalue weighted by Crippen LogP contribution is -2.31. The third kappa shape index (κ3) is 2.96. The minimum absolute atomic E-state index is 0.125. The third-order valence-electron chi connectivity index (χ3n) is 5.39. The zero-order chi connectivity index (χ0) is 19.5. The average molecular weight is 406 g/mol. The minimum atomic E-state index is -0.415. The van der Waals surface area contributed by atoms with Crippen LogP contribution < -0.4 is 11.2 Å². The zero-order valence-electron chi connectivity index (χ0n) is 15.5. The van der Waals surface area contributed by atoms with Crippen molar-refractivity contribution in [3.8, 4) is 0 Å². The summed E-state index contributed by atoms with van der Waals surface area (Å²) in [6.07, 6.45) is 7.93. The van der Waals surface area contributed by atoms with Gasteiger partial charge in [-0.25, -0.2) is 19.7 Å². The Morgan fingerprint density at radius 1 is 1.10 bits per heavy atom. The number of nitrogens with zero attached hydrogens (tertiary/aromatic N) is 5. The molecule has 0 bridgehead atoms. The third-order valence-corrected chi connectivity index (χ3v) is 6.40. The van der Waals surface area contributed by atoms with Crippen LogP contribution in [0.1, 0.15) is 49.2 Å². The summed E-state index contributed by atoms with van der Waals surface area (Å²) in [4.78, 5) is 41.6. The summed E-state index contributed by atoms with van der Waals surface area (Å²) in [6.45, 7) is 0. The zero-order valence-corrected chi connectivity index (χ0v) is 16.4. The van der Waals surface area contributed by atoms with Gasteiger partial charge in [0.1, 0.15) is 21.9 Å². The summed E-state index contributed by atoms with van der Waals surface area (Å²) in [7, 11) is 0. The highest BCUT2D eigenvalue weighted by Crippen LogP contribution is 2.41. The number of hydrogen-bond acceptors (Lipinski definition) is 6. The van der Waals surface area contributed by atoms with Gasteiger partial charge >= 0.3 is 5.69 Å². The van der Waals surface area contributed by atoms with E-state index in [-0.39, 0.29) is 11.7 Å². The van der Waals surface area contributed by atoms with Crippen LogP contribution in [-0.4, -0.2) is 28.9 Å². The van der Waals surface area contributed by atoms with Crippen LogP contribution in [0.15, 0.2) is 45.2 Å². The van der Waals surface area contributed by atoms with Crippen LogP contribution in [0.2, 0.25) is 0 Å². The minimum Gasteiger partial charge on any atom is -0.307 e. The lowest BCUT2D eigenvalue weighted by molar-refractivity contribution is 0.691. The van der Waals surface area contributed by atoms with Crippen molar-refractivity contribution in [2.45, 2.75) is 48.4 Å². The first kappa shape index (κ1) is 17.0. The van der Waals surface area contributed by atoms with Gasteiger partial charge in [0.2, 0.25) is 0 Å². The maximum atomic E-state index is 12.7. The molecule has 146 valence electrons. The number of imidazole rings is 1. The number of pyridine rings is 1. The molecule has 0 atom stereocenters. The molecule has 4 aromatic rings. The van der Waals surface area contributed by atoms with E-state index in [1.165, 1.54) is 11.8 Å². The van der Waals surface area contributed by atoms with Crippen LogP contribution in [0.5, 0.6) is 0 Å². The van der Waals surface area contributed by atoms with Gasteiger partial charge in [-0.3, -0.25) is 14.3 Å². The summed E-state index contributed by atoms with van der Waals surface area (Å²) in [6, 6.07) is 6.00. The van der Waals surface area contributed by atoms with Gasteiger partial charge in [-0.2, -0.15) is 0 Å². The summed E-state index contributed by atoms with van der Waals surface area (Å²) >= 11 is 1.48. The summed E-state index contributed by atoms with van der Waals surface area (Å²) < 4.78 is 3.63. The lowest BCUT2D eigenvalue weighted by atomic mass is 10.3. The van der Waals surface area contributed by atoms with E-state index in [1.807, 2.05) is 35.0 Å². The van der Waals surface area contributed by atoms with Crippen molar-refractivity contribution < 1.29 is 0 Å². The highest BCUT2D eigenvalue weighted by atomic mass is 32.2. The van der Waals surface area contributed by atoms with E-state index >= 15 is 0 Å². The second-order valence-electron chi connectivity index (χ2n) is 7.71. The van der Waals surface area contributed by atoms with Gasteiger partial charge in [0.15, 0.2) is 5.65 Å². The van der Waals surface area contributed by atoms with E-state index in [0.29, 0.717) is 27.7 Å². The van der Waals surface area contributed by atoms with Crippen molar-refractivity contribution >= 4 is 28.4 Å². The molecule has 9 heteroatoms. The number of aromatic nitrogens is 6. The smallest absolute Gasteiger partial charge is 0.307 e. The molecule has 0 aliphatic heterocycles. The molecule has 29 heavy (non-hydrogen) atoms. The molecule has 0 amide bonds. The van der Waals surface area contributed by atoms with E-state index in [1.54, 1.807) is 4.57 Å². The number of H-pyrrole nitrogens is 1. The predicted octanol–water partition coefficient (Wildman–Crippen LogP) is 2.63. The maximum absolute atomic E-state index is 12.7. The largest absolute Gasteiger partial charge is 0.330 e. The highest BCUT2D eigenvalue weighted by molar-refractivity contribution is 7.98. The molecule has 1 N–H and O–H groups in total. The predicted molar refractivity (Wildman–Crippen MR) is 109 cm³/mol. The second-order valence-corrected chi connectivity index (χ2v) is 8.67. The lowest BCUT2D eigenvalue weighted by Gasteiger charge is -2.11. The molecule has 0 unspecified atom stereocenters. The van der Waals surface area contributed by atoms with Crippen molar-refractivity contribution in [2.24, 2.45) is 0 Å². The number of nitrogens with one attached hydrogen (secondary N) is 1. The Morgan fingerprint density at radius 3 is 2.72 bits per heavy atom. The molecular weight excluding hydrogens is 388 g/mol. The highest BCUT2D eigenvalue weighted by Gasteiger charge is 2.32. The fourth-order valence-corrected chi connectivity index (χ4v) is 4.54. The SMILES string of the molecule is O=c1[nH]c(=O)n(C2CC2)c2nc(C3CC3)nc(SCc3cn4ccccc4n3)c12. The van der Waals surface area contributed by atoms with Gasteiger partial charge in [0.05, 0.1) is 5.69 Å². The maximum Gasteiger partial charge on any atom is 0.330 e. The molecule has 2 aliphatic rings. The molecule has 4 heterocycles. The summed E-state index contributed by atoms with van der Waals surface area (Å²) in [5, 5.41) is 1.04. The Hall–Kier alpha value is -2.94. The molecule has 6 rings (SSSR count). The average Bonchev–Trinajstić information content (AvgIpc) is 3.63. The molecule has 2 fully saturated rings. The molecule has 0 radical (unpaired) electrons. The van der Waals surface area contributed by atoms with Gasteiger partial charge in [-0.05, 0) is 37.8 Å². The van der Waals surface area contributed by atoms with Crippen molar-refractivity contribution in [2.75, 3.05) is 0 Å². The fourth-order valence-electron chi connectivity index (χ4n) is 3.63. The monoisotopic (exact) mass is 406 g/mol.